The van der Waals surface area contributed by atoms with E-state index in [1.807, 2.05) is 0 Å². The lowest BCUT2D eigenvalue weighted by Crippen LogP contribution is -2.24. The standard InChI is InChI=1S/C14H17BrF3NO/c15-9-6-10(12(19)8-4-2-1-3-5-8)13(20)11(7-9)14(16,17)18/h6-8,12,20H,1-5,19H2/t12-/m1/s1. The van der Waals surface area contributed by atoms with E-state index in [-0.39, 0.29) is 16.0 Å². The summed E-state index contributed by atoms with van der Waals surface area (Å²) in [5.74, 6) is -0.608. The fourth-order valence-electron chi connectivity index (χ4n) is 2.84. The van der Waals surface area contributed by atoms with Gasteiger partial charge in [-0.1, -0.05) is 35.2 Å². The van der Waals surface area contributed by atoms with Gasteiger partial charge in [0, 0.05) is 16.1 Å². The van der Waals surface area contributed by atoms with Crippen LogP contribution in [0.5, 0.6) is 5.75 Å². The molecule has 1 saturated carbocycles. The SMILES string of the molecule is N[C@@H](c1cc(Br)cc(C(F)(F)F)c1O)C1CCCCC1. The van der Waals surface area contributed by atoms with Gasteiger partial charge in [0.05, 0.1) is 5.56 Å². The molecule has 0 amide bonds. The van der Waals surface area contributed by atoms with Crippen LogP contribution in [0.3, 0.4) is 0 Å². The van der Waals surface area contributed by atoms with Crippen molar-refractivity contribution in [3.63, 3.8) is 0 Å². The van der Waals surface area contributed by atoms with Gasteiger partial charge in [0.25, 0.3) is 0 Å². The van der Waals surface area contributed by atoms with E-state index in [1.54, 1.807) is 0 Å². The number of rotatable bonds is 2. The van der Waals surface area contributed by atoms with Gasteiger partial charge in [-0.3, -0.25) is 0 Å². The lowest BCUT2D eigenvalue weighted by molar-refractivity contribution is -0.138. The Kier molecular flexibility index (Phi) is 4.64. The first-order valence-corrected chi connectivity index (χ1v) is 7.45. The molecule has 0 aliphatic heterocycles. The number of benzene rings is 1. The first-order chi connectivity index (χ1) is 9.30. The van der Waals surface area contributed by atoms with Gasteiger partial charge in [0.1, 0.15) is 5.75 Å². The fourth-order valence-corrected chi connectivity index (χ4v) is 3.31. The van der Waals surface area contributed by atoms with Crippen LogP contribution in [-0.4, -0.2) is 5.11 Å². The summed E-state index contributed by atoms with van der Waals surface area (Å²) < 4.78 is 39.0. The van der Waals surface area contributed by atoms with Crippen LogP contribution in [0, 0.1) is 5.92 Å². The maximum Gasteiger partial charge on any atom is 0.420 e. The van der Waals surface area contributed by atoms with Crippen molar-refractivity contribution in [3.8, 4) is 5.75 Å². The van der Waals surface area contributed by atoms with E-state index in [1.165, 1.54) is 6.07 Å². The van der Waals surface area contributed by atoms with Crippen molar-refractivity contribution in [2.75, 3.05) is 0 Å². The Labute approximate surface area is 124 Å². The molecule has 0 saturated heterocycles. The molecule has 1 fully saturated rings. The molecule has 0 radical (unpaired) electrons. The summed E-state index contributed by atoms with van der Waals surface area (Å²) in [6, 6.07) is 1.81. The second kappa shape index (κ2) is 5.93. The summed E-state index contributed by atoms with van der Waals surface area (Å²) in [5, 5.41) is 9.93. The average molecular weight is 352 g/mol. The first-order valence-electron chi connectivity index (χ1n) is 6.66. The topological polar surface area (TPSA) is 46.2 Å². The van der Waals surface area contributed by atoms with Gasteiger partial charge in [0.2, 0.25) is 0 Å². The van der Waals surface area contributed by atoms with Crippen LogP contribution in [0.2, 0.25) is 0 Å². The summed E-state index contributed by atoms with van der Waals surface area (Å²) in [5.41, 5.74) is 5.25. The third kappa shape index (κ3) is 3.28. The Morgan fingerprint density at radius 1 is 1.20 bits per heavy atom. The quantitative estimate of drug-likeness (QED) is 0.807. The maximum absolute atomic E-state index is 12.9. The van der Waals surface area contributed by atoms with Crippen LogP contribution in [0.15, 0.2) is 16.6 Å². The van der Waals surface area contributed by atoms with Crippen LogP contribution in [0.25, 0.3) is 0 Å². The zero-order chi connectivity index (χ0) is 14.9. The van der Waals surface area contributed by atoms with Gasteiger partial charge in [-0.05, 0) is 30.9 Å². The third-order valence-corrected chi connectivity index (χ3v) is 4.38. The molecule has 1 aromatic carbocycles. The Hall–Kier alpha value is -0.750. The molecule has 0 heterocycles. The van der Waals surface area contributed by atoms with Gasteiger partial charge >= 0.3 is 6.18 Å². The molecule has 20 heavy (non-hydrogen) atoms. The number of hydrogen-bond donors (Lipinski definition) is 2. The summed E-state index contributed by atoms with van der Waals surface area (Å²) >= 11 is 3.07. The van der Waals surface area contributed by atoms with Crippen LogP contribution < -0.4 is 5.73 Å². The van der Waals surface area contributed by atoms with Gasteiger partial charge in [-0.15, -0.1) is 0 Å². The Balaban J connectivity index is 2.38. The summed E-state index contributed by atoms with van der Waals surface area (Å²) in [6.07, 6.45) is 0.428. The van der Waals surface area contributed by atoms with Crippen LogP contribution in [0.1, 0.15) is 49.3 Å². The number of hydrogen-bond acceptors (Lipinski definition) is 2. The molecule has 3 N–H and O–H groups in total. The molecular formula is C14H17BrF3NO. The molecule has 0 bridgehead atoms. The highest BCUT2D eigenvalue weighted by Crippen LogP contribution is 2.43. The highest BCUT2D eigenvalue weighted by molar-refractivity contribution is 9.10. The molecule has 0 unspecified atom stereocenters. The highest BCUT2D eigenvalue weighted by Gasteiger charge is 2.36. The van der Waals surface area contributed by atoms with E-state index in [9.17, 15) is 18.3 Å². The Morgan fingerprint density at radius 2 is 1.80 bits per heavy atom. The van der Waals surface area contributed by atoms with Crippen molar-refractivity contribution in [2.45, 2.75) is 44.3 Å². The average Bonchev–Trinajstić information content (AvgIpc) is 2.40. The van der Waals surface area contributed by atoms with Crippen molar-refractivity contribution in [1.82, 2.24) is 0 Å². The number of halogens is 4. The minimum atomic E-state index is -4.59. The maximum atomic E-state index is 12.9. The number of phenolic OH excluding ortho intramolecular Hbond substituents is 1. The van der Waals surface area contributed by atoms with Crippen molar-refractivity contribution in [3.05, 3.63) is 27.7 Å². The number of alkyl halides is 3. The molecule has 2 rings (SSSR count). The predicted molar refractivity (Wildman–Crippen MR) is 74.3 cm³/mol. The molecule has 1 aromatic rings. The predicted octanol–water partition coefficient (Wildman–Crippen LogP) is 4.75. The molecule has 6 heteroatoms. The van der Waals surface area contributed by atoms with Gasteiger partial charge in [0.15, 0.2) is 0 Å². The lowest BCUT2D eigenvalue weighted by atomic mass is 9.81. The van der Waals surface area contributed by atoms with E-state index in [0.717, 1.165) is 38.2 Å². The smallest absolute Gasteiger partial charge is 0.420 e. The second-order valence-corrected chi connectivity index (χ2v) is 6.23. The van der Waals surface area contributed by atoms with Crippen molar-refractivity contribution in [2.24, 2.45) is 11.7 Å². The molecule has 1 atom stereocenters. The zero-order valence-electron chi connectivity index (χ0n) is 10.9. The van der Waals surface area contributed by atoms with Crippen LogP contribution >= 0.6 is 15.9 Å². The van der Waals surface area contributed by atoms with E-state index >= 15 is 0 Å². The van der Waals surface area contributed by atoms with E-state index in [4.69, 9.17) is 5.73 Å². The van der Waals surface area contributed by atoms with Gasteiger partial charge in [-0.25, -0.2) is 0 Å². The molecule has 0 spiro atoms. The molecule has 2 nitrogen and oxygen atoms in total. The lowest BCUT2D eigenvalue weighted by Gasteiger charge is -2.29. The summed E-state index contributed by atoms with van der Waals surface area (Å²) in [6.45, 7) is 0. The van der Waals surface area contributed by atoms with E-state index in [2.05, 4.69) is 15.9 Å². The molecule has 1 aliphatic rings. The van der Waals surface area contributed by atoms with E-state index < -0.39 is 23.5 Å². The van der Waals surface area contributed by atoms with Crippen molar-refractivity contribution < 1.29 is 18.3 Å². The first kappa shape index (κ1) is 15.6. The Bertz CT molecular complexity index is 484. The zero-order valence-corrected chi connectivity index (χ0v) is 12.5. The molecule has 1 aliphatic carbocycles. The highest BCUT2D eigenvalue weighted by atomic mass is 79.9. The third-order valence-electron chi connectivity index (χ3n) is 3.93. The van der Waals surface area contributed by atoms with Crippen LogP contribution in [-0.2, 0) is 6.18 Å². The fraction of sp³-hybridized carbons (Fsp3) is 0.571. The largest absolute Gasteiger partial charge is 0.507 e. The minimum Gasteiger partial charge on any atom is -0.507 e. The van der Waals surface area contributed by atoms with Crippen LogP contribution in [0.4, 0.5) is 13.2 Å². The summed E-state index contributed by atoms with van der Waals surface area (Å²) in [7, 11) is 0. The van der Waals surface area contributed by atoms with Gasteiger partial charge in [-0.2, -0.15) is 13.2 Å². The molecular weight excluding hydrogens is 335 g/mol. The monoisotopic (exact) mass is 351 g/mol. The molecule has 0 aromatic heterocycles. The van der Waals surface area contributed by atoms with Gasteiger partial charge < -0.3 is 10.8 Å². The number of aromatic hydroxyl groups is 1. The van der Waals surface area contributed by atoms with Crippen molar-refractivity contribution >= 4 is 15.9 Å². The minimum absolute atomic E-state index is 0.130. The number of nitrogens with two attached hydrogens (primary N) is 1. The number of phenols is 1. The Morgan fingerprint density at radius 3 is 2.35 bits per heavy atom. The van der Waals surface area contributed by atoms with Crippen molar-refractivity contribution in [1.29, 1.82) is 0 Å². The molecule has 112 valence electrons. The van der Waals surface area contributed by atoms with E-state index in [0.29, 0.717) is 0 Å². The summed E-state index contributed by atoms with van der Waals surface area (Å²) in [4.78, 5) is 0. The normalized spacial score (nSPS) is 19.1. The second-order valence-electron chi connectivity index (χ2n) is 5.31.